The molecule has 1 atom stereocenters. The molecule has 0 aromatic heterocycles. The maximum absolute atomic E-state index is 11.6. The molecule has 1 aliphatic heterocycles. The van der Waals surface area contributed by atoms with Crippen LogP contribution in [0.2, 0.25) is 0 Å². The zero-order valence-electron chi connectivity index (χ0n) is 7.19. The van der Waals surface area contributed by atoms with Crippen LogP contribution in [0.3, 0.4) is 0 Å². The number of allylic oxidation sites excluding steroid dienone is 5. The summed E-state index contributed by atoms with van der Waals surface area (Å²) < 4.78 is 8.50. The van der Waals surface area contributed by atoms with Crippen molar-refractivity contribution < 1.29 is 9.53 Å². The third-order valence-corrected chi connectivity index (χ3v) is 4.68. The Kier molecular flexibility index (Phi) is 2.48. The van der Waals surface area contributed by atoms with E-state index in [-0.39, 0.29) is 32.2 Å². The van der Waals surface area contributed by atoms with Crippen molar-refractivity contribution in [3.8, 4) is 0 Å². The van der Waals surface area contributed by atoms with Crippen LogP contribution in [-0.4, -0.2) is 37.4 Å². The zero-order valence-corrected chi connectivity index (χ0v) is 9.52. The molecule has 0 saturated carbocycles. The van der Waals surface area contributed by atoms with Gasteiger partial charge >= 0.3 is 86.5 Å². The second-order valence-corrected chi connectivity index (χ2v) is 5.61. The van der Waals surface area contributed by atoms with Gasteiger partial charge in [-0.25, -0.2) is 0 Å². The molecule has 0 bridgehead atoms. The van der Waals surface area contributed by atoms with Gasteiger partial charge in [-0.05, 0) is 0 Å². The summed E-state index contributed by atoms with van der Waals surface area (Å²) in [6.07, 6.45) is 7.56. The number of carbonyl (C=O) groups is 1. The Bertz CT molecular complexity index is 361. The van der Waals surface area contributed by atoms with Crippen molar-refractivity contribution in [2.24, 2.45) is 5.92 Å². The molecule has 0 aromatic rings. The van der Waals surface area contributed by atoms with Gasteiger partial charge < -0.3 is 0 Å². The fourth-order valence-electron chi connectivity index (χ4n) is 1.33. The summed E-state index contributed by atoms with van der Waals surface area (Å²) in [6, 6.07) is 0. The van der Waals surface area contributed by atoms with E-state index in [4.69, 9.17) is 4.74 Å². The molecule has 0 spiro atoms. The van der Waals surface area contributed by atoms with Gasteiger partial charge in [0.2, 0.25) is 0 Å². The van der Waals surface area contributed by atoms with Crippen LogP contribution in [0.25, 0.3) is 0 Å². The van der Waals surface area contributed by atoms with Crippen molar-refractivity contribution in [2.75, 3.05) is 7.11 Å². The first-order valence-electron chi connectivity index (χ1n) is 3.99. The monoisotopic (exact) mass is 291 g/mol. The first-order valence-corrected chi connectivity index (χ1v) is 6.50. The number of ketones is 1. The maximum atomic E-state index is 11.6. The van der Waals surface area contributed by atoms with E-state index in [0.29, 0.717) is 5.76 Å². The molecule has 13 heavy (non-hydrogen) atoms. The quantitative estimate of drug-likeness (QED) is 0.663. The molecule has 1 radical (unpaired) electrons. The molecule has 1 heterocycles. The Morgan fingerprint density at radius 2 is 2.31 bits per heavy atom. The Morgan fingerprint density at radius 1 is 1.46 bits per heavy atom. The van der Waals surface area contributed by atoms with Crippen molar-refractivity contribution in [1.29, 1.82) is 0 Å². The van der Waals surface area contributed by atoms with E-state index in [1.807, 2.05) is 18.2 Å². The van der Waals surface area contributed by atoms with E-state index >= 15 is 0 Å². The van der Waals surface area contributed by atoms with Crippen molar-refractivity contribution in [2.45, 2.75) is 0 Å². The molecular formula is C10H9O2Te. The molecular weight excluding hydrogens is 280 g/mol. The molecule has 0 N–H and O–H groups in total. The van der Waals surface area contributed by atoms with E-state index < -0.39 is 0 Å². The number of fused-ring (bicyclic) bond motifs is 1. The molecule has 3 heteroatoms. The molecule has 2 rings (SSSR count). The zero-order chi connectivity index (χ0) is 9.26. The number of carbonyl (C=O) groups excluding carboxylic acids is 1. The predicted octanol–water partition coefficient (Wildman–Crippen LogP) is 0.676. The van der Waals surface area contributed by atoms with Crippen LogP contribution in [0.1, 0.15) is 0 Å². The van der Waals surface area contributed by atoms with E-state index in [2.05, 4.69) is 4.05 Å². The first-order chi connectivity index (χ1) is 6.31. The number of hydrogen-bond donors (Lipinski definition) is 0. The Morgan fingerprint density at radius 3 is 3.08 bits per heavy atom. The van der Waals surface area contributed by atoms with Crippen LogP contribution in [0.15, 0.2) is 33.7 Å². The minimum atomic E-state index is -0.273. The minimum absolute atomic E-state index is 0.0197. The summed E-state index contributed by atoms with van der Waals surface area (Å²) >= 11 is -0.273. The second kappa shape index (κ2) is 3.61. The van der Waals surface area contributed by atoms with Gasteiger partial charge in [0.05, 0.1) is 0 Å². The second-order valence-electron chi connectivity index (χ2n) is 2.82. The van der Waals surface area contributed by atoms with Crippen LogP contribution >= 0.6 is 0 Å². The van der Waals surface area contributed by atoms with E-state index in [9.17, 15) is 4.79 Å². The van der Waals surface area contributed by atoms with E-state index in [0.717, 1.165) is 0 Å². The molecule has 67 valence electrons. The van der Waals surface area contributed by atoms with Crippen molar-refractivity contribution in [3.05, 3.63) is 33.7 Å². The molecule has 2 aliphatic rings. The molecule has 0 saturated heterocycles. The fraction of sp³-hybridized carbons (Fsp3) is 0.200. The average molecular weight is 289 g/mol. The van der Waals surface area contributed by atoms with Gasteiger partial charge in [0.25, 0.3) is 0 Å². The predicted molar refractivity (Wildman–Crippen MR) is 52.6 cm³/mol. The van der Waals surface area contributed by atoms with Gasteiger partial charge in [-0.1, -0.05) is 0 Å². The Labute approximate surface area is 86.5 Å². The van der Waals surface area contributed by atoms with Gasteiger partial charge in [0, 0.05) is 0 Å². The summed E-state index contributed by atoms with van der Waals surface area (Å²) in [7, 11) is 1.60. The van der Waals surface area contributed by atoms with Crippen LogP contribution in [0.5, 0.6) is 0 Å². The summed E-state index contributed by atoms with van der Waals surface area (Å²) in [5.74, 6) is 0.875. The normalized spacial score (nSPS) is 25.0. The SMILES string of the molecule is COC1=CC(=O)C2C=CC=[Te]C2=C1. The third-order valence-electron chi connectivity index (χ3n) is 2.00. The van der Waals surface area contributed by atoms with Crippen LogP contribution < -0.4 is 0 Å². The molecule has 1 unspecified atom stereocenters. The van der Waals surface area contributed by atoms with Gasteiger partial charge in [-0.15, -0.1) is 0 Å². The average Bonchev–Trinajstić information content (AvgIpc) is 2.18. The number of rotatable bonds is 1. The van der Waals surface area contributed by atoms with Crippen LogP contribution in [-0.2, 0) is 9.53 Å². The molecule has 1 aliphatic carbocycles. The van der Waals surface area contributed by atoms with E-state index in [1.165, 1.54) is 3.62 Å². The molecule has 0 fully saturated rings. The summed E-state index contributed by atoms with van der Waals surface area (Å²) in [4.78, 5) is 11.6. The molecule has 2 nitrogen and oxygen atoms in total. The van der Waals surface area contributed by atoms with Crippen LogP contribution in [0.4, 0.5) is 0 Å². The molecule has 0 aromatic carbocycles. The summed E-state index contributed by atoms with van der Waals surface area (Å²) in [6.45, 7) is 0. The summed E-state index contributed by atoms with van der Waals surface area (Å²) in [5, 5.41) is 0. The van der Waals surface area contributed by atoms with Gasteiger partial charge in [-0.2, -0.15) is 0 Å². The van der Waals surface area contributed by atoms with Crippen molar-refractivity contribution in [3.63, 3.8) is 0 Å². The Balaban J connectivity index is 2.39. The Hall–Kier alpha value is -0.650. The number of methoxy groups -OCH3 is 1. The van der Waals surface area contributed by atoms with Gasteiger partial charge in [-0.3, -0.25) is 0 Å². The fourth-order valence-corrected chi connectivity index (χ4v) is 3.76. The summed E-state index contributed by atoms with van der Waals surface area (Å²) in [5.41, 5.74) is 0. The first kappa shape index (κ1) is 8.93. The number of ether oxygens (including phenoxy) is 1. The topological polar surface area (TPSA) is 26.3 Å². The molecule has 0 amide bonds. The van der Waals surface area contributed by atoms with Gasteiger partial charge in [0.1, 0.15) is 0 Å². The van der Waals surface area contributed by atoms with E-state index in [1.54, 1.807) is 13.2 Å². The van der Waals surface area contributed by atoms with Gasteiger partial charge in [0.15, 0.2) is 0 Å². The van der Waals surface area contributed by atoms with Crippen molar-refractivity contribution >= 4 is 30.3 Å². The third kappa shape index (κ3) is 1.67. The van der Waals surface area contributed by atoms with Crippen LogP contribution in [0, 0.1) is 5.92 Å². The number of hydrogen-bond acceptors (Lipinski definition) is 2. The standard InChI is InChI=1S/C10H9O2Te/c1-12-7-5-9(11)8-3-2-4-13-10(8)6-7/h2-6,8H,1H3. The van der Waals surface area contributed by atoms with Crippen molar-refractivity contribution in [1.82, 2.24) is 0 Å².